The van der Waals surface area contributed by atoms with Crippen LogP contribution < -0.4 is 5.32 Å². The third-order valence-corrected chi connectivity index (χ3v) is 3.91. The predicted octanol–water partition coefficient (Wildman–Crippen LogP) is 4.11. The van der Waals surface area contributed by atoms with Crippen LogP contribution >= 0.6 is 0 Å². The minimum absolute atomic E-state index is 0.124. The Bertz CT molecular complexity index is 840. The number of benzene rings is 2. The monoisotopic (exact) mass is 349 g/mol. The maximum absolute atomic E-state index is 12.5. The third kappa shape index (κ3) is 5.04. The van der Waals surface area contributed by atoms with Crippen LogP contribution in [0.4, 0.5) is 5.69 Å². The number of aromatic nitrogens is 2. The molecule has 0 radical (unpaired) electrons. The molecule has 3 aromatic rings. The zero-order chi connectivity index (χ0) is 18.4. The van der Waals surface area contributed by atoms with Gasteiger partial charge < -0.3 is 14.6 Å². The average molecular weight is 349 g/mol. The second-order valence-corrected chi connectivity index (χ2v) is 6.45. The van der Waals surface area contributed by atoms with E-state index in [4.69, 9.17) is 4.74 Å². The zero-order valence-electron chi connectivity index (χ0n) is 15.1. The van der Waals surface area contributed by atoms with Crippen LogP contribution in [0.15, 0.2) is 67.3 Å². The molecule has 26 heavy (non-hydrogen) atoms. The van der Waals surface area contributed by atoms with Gasteiger partial charge >= 0.3 is 0 Å². The molecular formula is C21H23N3O2. The molecule has 0 saturated heterocycles. The lowest BCUT2D eigenvalue weighted by Crippen LogP contribution is -2.12. The van der Waals surface area contributed by atoms with E-state index < -0.39 is 0 Å². The molecule has 0 spiro atoms. The fourth-order valence-electron chi connectivity index (χ4n) is 2.56. The van der Waals surface area contributed by atoms with Crippen molar-refractivity contribution in [2.75, 3.05) is 5.32 Å². The number of anilines is 1. The van der Waals surface area contributed by atoms with Gasteiger partial charge in [-0.05, 0) is 49.2 Å². The van der Waals surface area contributed by atoms with Crippen LogP contribution in [-0.4, -0.2) is 21.6 Å². The first kappa shape index (κ1) is 17.9. The van der Waals surface area contributed by atoms with Gasteiger partial charge in [-0.1, -0.05) is 24.3 Å². The molecule has 0 atom stereocenters. The van der Waals surface area contributed by atoms with Gasteiger partial charge in [0.25, 0.3) is 5.91 Å². The minimum atomic E-state index is -0.124. The molecule has 0 aliphatic heterocycles. The Morgan fingerprint density at radius 1 is 1.15 bits per heavy atom. The van der Waals surface area contributed by atoms with Crippen molar-refractivity contribution >= 4 is 11.6 Å². The van der Waals surface area contributed by atoms with Crippen molar-refractivity contribution in [1.29, 1.82) is 0 Å². The summed E-state index contributed by atoms with van der Waals surface area (Å²) >= 11 is 0. The number of hydrogen-bond acceptors (Lipinski definition) is 3. The number of hydrogen-bond donors (Lipinski definition) is 1. The number of imidazole rings is 1. The molecule has 1 amide bonds. The fourth-order valence-corrected chi connectivity index (χ4v) is 2.56. The summed E-state index contributed by atoms with van der Waals surface area (Å²) in [5.41, 5.74) is 3.55. The summed E-state index contributed by atoms with van der Waals surface area (Å²) in [6.45, 7) is 5.27. The molecule has 3 rings (SSSR count). The van der Waals surface area contributed by atoms with E-state index in [2.05, 4.69) is 10.3 Å². The van der Waals surface area contributed by atoms with Crippen LogP contribution in [0, 0.1) is 0 Å². The maximum atomic E-state index is 12.5. The van der Waals surface area contributed by atoms with E-state index in [0.717, 1.165) is 16.8 Å². The Morgan fingerprint density at radius 3 is 2.65 bits per heavy atom. The summed E-state index contributed by atoms with van der Waals surface area (Å²) in [5, 5.41) is 2.95. The molecule has 1 N–H and O–H groups in total. The quantitative estimate of drug-likeness (QED) is 0.698. The Labute approximate surface area is 153 Å². The van der Waals surface area contributed by atoms with Crippen molar-refractivity contribution in [3.63, 3.8) is 0 Å². The van der Waals surface area contributed by atoms with Gasteiger partial charge in [-0.2, -0.15) is 0 Å². The van der Waals surface area contributed by atoms with Crippen LogP contribution in [0.2, 0.25) is 0 Å². The first-order chi connectivity index (χ1) is 12.6. The molecular weight excluding hydrogens is 326 g/mol. The van der Waals surface area contributed by atoms with Crippen molar-refractivity contribution < 1.29 is 9.53 Å². The molecule has 0 fully saturated rings. The van der Waals surface area contributed by atoms with Gasteiger partial charge in [0.2, 0.25) is 0 Å². The highest BCUT2D eigenvalue weighted by Crippen LogP contribution is 2.14. The molecule has 1 heterocycles. The van der Waals surface area contributed by atoms with Crippen molar-refractivity contribution in [1.82, 2.24) is 9.55 Å². The number of nitrogens with one attached hydrogen (secondary N) is 1. The first-order valence-electron chi connectivity index (χ1n) is 8.67. The van der Waals surface area contributed by atoms with Crippen LogP contribution in [0.25, 0.3) is 0 Å². The molecule has 0 bridgehead atoms. The van der Waals surface area contributed by atoms with Crippen molar-refractivity contribution in [3.8, 4) is 0 Å². The minimum Gasteiger partial charge on any atom is -0.374 e. The van der Waals surface area contributed by atoms with Gasteiger partial charge in [-0.3, -0.25) is 4.79 Å². The van der Waals surface area contributed by atoms with Crippen molar-refractivity contribution in [2.45, 2.75) is 33.1 Å². The molecule has 134 valence electrons. The predicted molar refractivity (Wildman–Crippen MR) is 102 cm³/mol. The average Bonchev–Trinajstić information content (AvgIpc) is 3.13. The SMILES string of the molecule is CC(C)OCc1ccc(C(=O)Nc2cccc(Cn3ccnc3)c2)cc1. The van der Waals surface area contributed by atoms with Gasteiger partial charge in [0.15, 0.2) is 0 Å². The van der Waals surface area contributed by atoms with Crippen molar-refractivity contribution in [2.24, 2.45) is 0 Å². The number of carbonyl (C=O) groups is 1. The molecule has 1 aromatic heterocycles. The van der Waals surface area contributed by atoms with E-state index >= 15 is 0 Å². The van der Waals surface area contributed by atoms with Gasteiger partial charge in [0, 0.05) is 30.2 Å². The summed E-state index contributed by atoms with van der Waals surface area (Å²) in [6.07, 6.45) is 5.63. The Balaban J connectivity index is 1.62. The maximum Gasteiger partial charge on any atom is 0.255 e. The summed E-state index contributed by atoms with van der Waals surface area (Å²) < 4.78 is 7.56. The summed E-state index contributed by atoms with van der Waals surface area (Å²) in [6, 6.07) is 15.3. The van der Waals surface area contributed by atoms with E-state index in [1.54, 1.807) is 12.5 Å². The van der Waals surface area contributed by atoms with Crippen LogP contribution in [0.1, 0.15) is 35.3 Å². The normalized spacial score (nSPS) is 10.9. The van der Waals surface area contributed by atoms with Crippen molar-refractivity contribution in [3.05, 3.63) is 83.9 Å². The van der Waals surface area contributed by atoms with Crippen LogP contribution in [-0.2, 0) is 17.9 Å². The number of amides is 1. The number of ether oxygens (including phenoxy) is 1. The summed E-state index contributed by atoms with van der Waals surface area (Å²) in [4.78, 5) is 16.5. The fraction of sp³-hybridized carbons (Fsp3) is 0.238. The van der Waals surface area contributed by atoms with Gasteiger partial charge in [0.1, 0.15) is 0 Å². The molecule has 5 heteroatoms. The summed E-state index contributed by atoms with van der Waals surface area (Å²) in [5.74, 6) is -0.124. The van der Waals surface area contributed by atoms with Gasteiger partial charge in [0.05, 0.1) is 19.0 Å². The molecule has 5 nitrogen and oxygen atoms in total. The second-order valence-electron chi connectivity index (χ2n) is 6.45. The molecule has 2 aromatic carbocycles. The lowest BCUT2D eigenvalue weighted by Gasteiger charge is -2.10. The highest BCUT2D eigenvalue weighted by molar-refractivity contribution is 6.04. The zero-order valence-corrected chi connectivity index (χ0v) is 15.1. The Morgan fingerprint density at radius 2 is 1.96 bits per heavy atom. The number of carbonyl (C=O) groups excluding carboxylic acids is 1. The topological polar surface area (TPSA) is 56.1 Å². The van der Waals surface area contributed by atoms with E-state index in [1.807, 2.05) is 73.1 Å². The standard InChI is InChI=1S/C21H23N3O2/c1-16(2)26-14-17-6-8-19(9-7-17)21(25)23-20-5-3-4-18(12-20)13-24-11-10-22-15-24/h3-12,15-16H,13-14H2,1-2H3,(H,23,25). The summed E-state index contributed by atoms with van der Waals surface area (Å²) in [7, 11) is 0. The van der Waals surface area contributed by atoms with E-state index in [1.165, 1.54) is 0 Å². The Kier molecular flexibility index (Phi) is 5.81. The smallest absolute Gasteiger partial charge is 0.255 e. The lowest BCUT2D eigenvalue weighted by atomic mass is 10.1. The second kappa shape index (κ2) is 8.45. The highest BCUT2D eigenvalue weighted by atomic mass is 16.5. The van der Waals surface area contributed by atoms with E-state index in [9.17, 15) is 4.79 Å². The number of nitrogens with zero attached hydrogens (tertiary/aromatic N) is 2. The molecule has 0 aliphatic rings. The van der Waals surface area contributed by atoms with Gasteiger partial charge in [-0.15, -0.1) is 0 Å². The molecule has 0 unspecified atom stereocenters. The van der Waals surface area contributed by atoms with E-state index in [-0.39, 0.29) is 12.0 Å². The van der Waals surface area contributed by atoms with Gasteiger partial charge in [-0.25, -0.2) is 4.98 Å². The van der Waals surface area contributed by atoms with Crippen LogP contribution in [0.3, 0.4) is 0 Å². The third-order valence-electron chi connectivity index (χ3n) is 3.91. The Hall–Kier alpha value is -2.92. The first-order valence-corrected chi connectivity index (χ1v) is 8.67. The lowest BCUT2D eigenvalue weighted by molar-refractivity contribution is 0.0657. The van der Waals surface area contributed by atoms with E-state index in [0.29, 0.717) is 18.7 Å². The largest absolute Gasteiger partial charge is 0.374 e. The highest BCUT2D eigenvalue weighted by Gasteiger charge is 2.07. The van der Waals surface area contributed by atoms with Crippen LogP contribution in [0.5, 0.6) is 0 Å². The molecule has 0 saturated carbocycles. The molecule has 0 aliphatic carbocycles. The number of rotatable bonds is 7.